The van der Waals surface area contributed by atoms with Crippen molar-refractivity contribution in [2.45, 2.75) is 4.90 Å². The Balaban J connectivity index is 2.05. The molecule has 0 radical (unpaired) electrons. The first kappa shape index (κ1) is 14.0. The molecule has 0 amide bonds. The number of sulfone groups is 1. The molecule has 0 bridgehead atoms. The van der Waals surface area contributed by atoms with Gasteiger partial charge in [-0.15, -0.1) is 11.3 Å². The number of thiophene rings is 1. The van der Waals surface area contributed by atoms with E-state index < -0.39 is 9.84 Å². The highest BCUT2D eigenvalue weighted by atomic mass is 32.2. The molecule has 0 aliphatic rings. The lowest BCUT2D eigenvalue weighted by atomic mass is 10.0. The predicted octanol–water partition coefficient (Wildman–Crippen LogP) is 4.49. The molecule has 0 saturated carbocycles. The zero-order valence-electron chi connectivity index (χ0n) is 11.5. The molecule has 0 spiro atoms. The third kappa shape index (κ3) is 2.91. The van der Waals surface area contributed by atoms with Crippen LogP contribution in [0.25, 0.3) is 21.6 Å². The summed E-state index contributed by atoms with van der Waals surface area (Å²) in [4.78, 5) is 1.55. The highest BCUT2D eigenvalue weighted by molar-refractivity contribution is 7.90. The Hall–Kier alpha value is -1.91. The van der Waals surface area contributed by atoms with Crippen LogP contribution in [0.5, 0.6) is 0 Å². The largest absolute Gasteiger partial charge is 0.224 e. The van der Waals surface area contributed by atoms with Gasteiger partial charge in [-0.25, -0.2) is 8.42 Å². The molecule has 106 valence electrons. The summed E-state index contributed by atoms with van der Waals surface area (Å²) in [6.45, 7) is 0. The van der Waals surface area contributed by atoms with E-state index >= 15 is 0 Å². The van der Waals surface area contributed by atoms with E-state index in [1.165, 1.54) is 16.7 Å². The smallest absolute Gasteiger partial charge is 0.175 e. The number of hydrogen-bond acceptors (Lipinski definition) is 3. The number of hydrogen-bond donors (Lipinski definition) is 0. The minimum atomic E-state index is -3.15. The van der Waals surface area contributed by atoms with E-state index in [4.69, 9.17) is 0 Å². The van der Waals surface area contributed by atoms with Crippen LogP contribution in [-0.2, 0) is 9.84 Å². The van der Waals surface area contributed by atoms with Crippen LogP contribution in [0.4, 0.5) is 0 Å². The van der Waals surface area contributed by atoms with Crippen LogP contribution in [0, 0.1) is 0 Å². The molecule has 0 aliphatic carbocycles. The molecule has 3 rings (SSSR count). The molecule has 0 N–H and O–H groups in total. The van der Waals surface area contributed by atoms with Gasteiger partial charge in [-0.2, -0.15) is 0 Å². The van der Waals surface area contributed by atoms with E-state index in [9.17, 15) is 8.42 Å². The highest BCUT2D eigenvalue weighted by Gasteiger charge is 2.11. The van der Waals surface area contributed by atoms with E-state index in [0.717, 1.165) is 11.1 Å². The van der Waals surface area contributed by atoms with Crippen molar-refractivity contribution >= 4 is 21.2 Å². The lowest BCUT2D eigenvalue weighted by Gasteiger charge is -2.05. The van der Waals surface area contributed by atoms with Crippen LogP contribution in [0.3, 0.4) is 0 Å². The molecule has 3 aromatic rings. The fourth-order valence-corrected chi connectivity index (χ4v) is 3.79. The first-order valence-corrected chi connectivity index (χ1v) is 9.26. The van der Waals surface area contributed by atoms with E-state index in [1.807, 2.05) is 30.3 Å². The Morgan fingerprint density at radius 1 is 0.810 bits per heavy atom. The Labute approximate surface area is 128 Å². The quantitative estimate of drug-likeness (QED) is 0.714. The average Bonchev–Trinajstić information content (AvgIpc) is 2.97. The fourth-order valence-electron chi connectivity index (χ4n) is 2.23. The standard InChI is InChI=1S/C17H14O2S2/c1-21(18,19)15-9-7-13(8-10-15)16-11-12-20-17(16)14-5-3-2-4-6-14/h2-12H,1H3. The van der Waals surface area contributed by atoms with Crippen molar-refractivity contribution in [2.24, 2.45) is 0 Å². The topological polar surface area (TPSA) is 34.1 Å². The first-order chi connectivity index (χ1) is 10.1. The monoisotopic (exact) mass is 314 g/mol. The molecule has 1 heterocycles. The number of benzene rings is 2. The van der Waals surface area contributed by atoms with Crippen LogP contribution >= 0.6 is 11.3 Å². The predicted molar refractivity (Wildman–Crippen MR) is 88.3 cm³/mol. The Morgan fingerprint density at radius 3 is 2.10 bits per heavy atom. The molecular weight excluding hydrogens is 300 g/mol. The Morgan fingerprint density at radius 2 is 1.48 bits per heavy atom. The lowest BCUT2D eigenvalue weighted by Crippen LogP contribution is -1.96. The van der Waals surface area contributed by atoms with Crippen molar-refractivity contribution in [2.75, 3.05) is 6.26 Å². The number of rotatable bonds is 3. The van der Waals surface area contributed by atoms with Crippen molar-refractivity contribution in [3.05, 3.63) is 66.0 Å². The van der Waals surface area contributed by atoms with E-state index in [0.29, 0.717) is 4.90 Å². The molecule has 1 aromatic heterocycles. The molecular formula is C17H14O2S2. The summed E-state index contributed by atoms with van der Waals surface area (Å²) in [6.07, 6.45) is 1.22. The van der Waals surface area contributed by atoms with Gasteiger partial charge in [-0.05, 0) is 34.7 Å². The third-order valence-electron chi connectivity index (χ3n) is 3.29. The maximum absolute atomic E-state index is 11.5. The van der Waals surface area contributed by atoms with Gasteiger partial charge in [0.05, 0.1) is 4.90 Å². The van der Waals surface area contributed by atoms with Crippen molar-refractivity contribution in [3.63, 3.8) is 0 Å². The van der Waals surface area contributed by atoms with Gasteiger partial charge in [0.15, 0.2) is 9.84 Å². The summed E-state index contributed by atoms with van der Waals surface area (Å²) in [5.74, 6) is 0. The molecule has 0 fully saturated rings. The summed E-state index contributed by atoms with van der Waals surface area (Å²) in [6, 6.07) is 19.3. The Bertz CT molecular complexity index is 845. The second-order valence-corrected chi connectivity index (χ2v) is 7.76. The van der Waals surface area contributed by atoms with Crippen LogP contribution in [0.15, 0.2) is 70.9 Å². The second kappa shape index (κ2) is 5.47. The summed E-state index contributed by atoms with van der Waals surface area (Å²) < 4.78 is 23.0. The summed E-state index contributed by atoms with van der Waals surface area (Å²) in [5, 5.41) is 2.06. The van der Waals surface area contributed by atoms with Crippen LogP contribution in [0.2, 0.25) is 0 Å². The molecule has 0 saturated heterocycles. The molecule has 21 heavy (non-hydrogen) atoms. The van der Waals surface area contributed by atoms with Gasteiger partial charge in [-0.1, -0.05) is 42.5 Å². The summed E-state index contributed by atoms with van der Waals surface area (Å²) >= 11 is 1.69. The second-order valence-electron chi connectivity index (χ2n) is 4.83. The van der Waals surface area contributed by atoms with Gasteiger partial charge in [0, 0.05) is 16.7 Å². The van der Waals surface area contributed by atoms with Crippen molar-refractivity contribution in [1.82, 2.24) is 0 Å². The zero-order chi connectivity index (χ0) is 14.9. The highest BCUT2D eigenvalue weighted by Crippen LogP contribution is 2.36. The maximum atomic E-state index is 11.5. The van der Waals surface area contributed by atoms with Gasteiger partial charge >= 0.3 is 0 Å². The molecule has 0 unspecified atom stereocenters. The maximum Gasteiger partial charge on any atom is 0.175 e. The van der Waals surface area contributed by atoms with Gasteiger partial charge in [0.2, 0.25) is 0 Å². The molecule has 2 aromatic carbocycles. The molecule has 0 atom stereocenters. The SMILES string of the molecule is CS(=O)(=O)c1ccc(-c2ccsc2-c2ccccc2)cc1. The molecule has 2 nitrogen and oxygen atoms in total. The van der Waals surface area contributed by atoms with E-state index in [-0.39, 0.29) is 0 Å². The molecule has 0 aliphatic heterocycles. The van der Waals surface area contributed by atoms with Gasteiger partial charge < -0.3 is 0 Å². The average molecular weight is 314 g/mol. The fraction of sp³-hybridized carbons (Fsp3) is 0.0588. The van der Waals surface area contributed by atoms with Crippen molar-refractivity contribution in [3.8, 4) is 21.6 Å². The minimum Gasteiger partial charge on any atom is -0.224 e. The third-order valence-corrected chi connectivity index (χ3v) is 5.39. The van der Waals surface area contributed by atoms with Crippen LogP contribution in [0.1, 0.15) is 0 Å². The van der Waals surface area contributed by atoms with Crippen molar-refractivity contribution in [1.29, 1.82) is 0 Å². The van der Waals surface area contributed by atoms with Crippen LogP contribution < -0.4 is 0 Å². The summed E-state index contributed by atoms with van der Waals surface area (Å²) in [7, 11) is -3.15. The van der Waals surface area contributed by atoms with Gasteiger partial charge in [-0.3, -0.25) is 0 Å². The Kier molecular flexibility index (Phi) is 3.66. The normalized spacial score (nSPS) is 11.5. The van der Waals surface area contributed by atoms with Crippen LogP contribution in [-0.4, -0.2) is 14.7 Å². The van der Waals surface area contributed by atoms with E-state index in [2.05, 4.69) is 23.6 Å². The lowest BCUT2D eigenvalue weighted by molar-refractivity contribution is 0.602. The minimum absolute atomic E-state index is 0.350. The summed E-state index contributed by atoms with van der Waals surface area (Å²) in [5.41, 5.74) is 3.34. The zero-order valence-corrected chi connectivity index (χ0v) is 13.1. The van der Waals surface area contributed by atoms with Gasteiger partial charge in [0.1, 0.15) is 0 Å². The molecule has 4 heteroatoms. The van der Waals surface area contributed by atoms with Gasteiger partial charge in [0.25, 0.3) is 0 Å². The first-order valence-electron chi connectivity index (χ1n) is 6.49. The van der Waals surface area contributed by atoms with E-state index in [1.54, 1.807) is 23.5 Å². The van der Waals surface area contributed by atoms with Crippen molar-refractivity contribution < 1.29 is 8.42 Å².